The first-order valence-corrected chi connectivity index (χ1v) is 10.4. The second-order valence-corrected chi connectivity index (χ2v) is 8.73. The quantitative estimate of drug-likeness (QED) is 0.387. The highest BCUT2D eigenvalue weighted by Crippen LogP contribution is 2.30. The predicted octanol–water partition coefficient (Wildman–Crippen LogP) is 5.78. The topological polar surface area (TPSA) is 82.7 Å². The van der Waals surface area contributed by atoms with Crippen molar-refractivity contribution in [2.75, 3.05) is 10.6 Å². The Morgan fingerprint density at radius 1 is 1.00 bits per heavy atom. The highest BCUT2D eigenvalue weighted by molar-refractivity contribution is 5.96. The Bertz CT molecular complexity index is 1210. The molecule has 31 heavy (non-hydrogen) atoms. The number of anilines is 2. The van der Waals surface area contributed by atoms with E-state index in [4.69, 9.17) is 0 Å². The van der Waals surface area contributed by atoms with Crippen molar-refractivity contribution in [2.45, 2.75) is 33.7 Å². The molecule has 2 aromatic carbocycles. The maximum absolute atomic E-state index is 12.3. The third-order valence-corrected chi connectivity index (χ3v) is 5.19. The molecular weight excluding hydrogens is 386 g/mol. The summed E-state index contributed by atoms with van der Waals surface area (Å²) in [6, 6.07) is 20.2. The number of aromatic nitrogens is 3. The van der Waals surface area contributed by atoms with Crippen LogP contribution in [-0.2, 0) is 4.79 Å². The van der Waals surface area contributed by atoms with Crippen molar-refractivity contribution in [3.8, 4) is 11.3 Å². The summed E-state index contributed by atoms with van der Waals surface area (Å²) in [6.07, 6.45) is 1.56. The molecule has 0 radical (unpaired) electrons. The number of benzene rings is 2. The number of carbonyl (C=O) groups is 1. The first kappa shape index (κ1) is 20.6. The Labute approximate surface area is 182 Å². The summed E-state index contributed by atoms with van der Waals surface area (Å²) in [5, 5.41) is 7.40. The Morgan fingerprint density at radius 2 is 1.77 bits per heavy atom. The maximum atomic E-state index is 12.3. The summed E-state index contributed by atoms with van der Waals surface area (Å²) in [5.41, 5.74) is 4.13. The van der Waals surface area contributed by atoms with Gasteiger partial charge in [0.05, 0.1) is 5.39 Å². The van der Waals surface area contributed by atoms with Gasteiger partial charge in [-0.25, -0.2) is 9.97 Å². The Hall–Kier alpha value is -3.67. The van der Waals surface area contributed by atoms with Crippen molar-refractivity contribution >= 4 is 28.4 Å². The van der Waals surface area contributed by atoms with Gasteiger partial charge in [-0.2, -0.15) is 0 Å². The largest absolute Gasteiger partial charge is 0.363 e. The molecule has 2 aromatic heterocycles. The number of amides is 1. The van der Waals surface area contributed by atoms with Gasteiger partial charge in [0.25, 0.3) is 0 Å². The van der Waals surface area contributed by atoms with E-state index in [9.17, 15) is 4.79 Å². The zero-order valence-electron chi connectivity index (χ0n) is 18.2. The van der Waals surface area contributed by atoms with Crippen molar-refractivity contribution < 1.29 is 4.79 Å². The molecule has 0 saturated carbocycles. The monoisotopic (exact) mass is 413 g/mol. The Morgan fingerprint density at radius 3 is 2.52 bits per heavy atom. The molecule has 6 heteroatoms. The first-order chi connectivity index (χ1) is 14.8. The van der Waals surface area contributed by atoms with Crippen LogP contribution in [0.4, 0.5) is 11.5 Å². The summed E-state index contributed by atoms with van der Waals surface area (Å²) >= 11 is 0. The number of rotatable bonds is 5. The number of hydrogen-bond acceptors (Lipinski definition) is 4. The van der Waals surface area contributed by atoms with Gasteiger partial charge in [-0.05, 0) is 30.7 Å². The van der Waals surface area contributed by atoms with E-state index >= 15 is 0 Å². The third-order valence-electron chi connectivity index (χ3n) is 5.19. The molecule has 0 aliphatic carbocycles. The Kier molecular flexibility index (Phi) is 5.46. The minimum absolute atomic E-state index is 0.0199. The van der Waals surface area contributed by atoms with Gasteiger partial charge < -0.3 is 15.6 Å². The lowest BCUT2D eigenvalue weighted by molar-refractivity contribution is -0.123. The highest BCUT2D eigenvalue weighted by Gasteiger charge is 2.21. The van der Waals surface area contributed by atoms with E-state index < -0.39 is 5.41 Å². The minimum atomic E-state index is -0.456. The van der Waals surface area contributed by atoms with Crippen LogP contribution < -0.4 is 10.6 Å². The fourth-order valence-electron chi connectivity index (χ4n) is 3.32. The first-order valence-electron chi connectivity index (χ1n) is 10.4. The van der Waals surface area contributed by atoms with Crippen LogP contribution in [0.5, 0.6) is 0 Å². The van der Waals surface area contributed by atoms with Gasteiger partial charge >= 0.3 is 0 Å². The average Bonchev–Trinajstić information content (AvgIpc) is 3.19. The summed E-state index contributed by atoms with van der Waals surface area (Å²) in [4.78, 5) is 24.6. The number of nitrogens with one attached hydrogen (secondary N) is 3. The van der Waals surface area contributed by atoms with Crippen LogP contribution in [0.25, 0.3) is 22.3 Å². The molecule has 2 heterocycles. The molecule has 4 aromatic rings. The smallest absolute Gasteiger partial charge is 0.229 e. The lowest BCUT2D eigenvalue weighted by Gasteiger charge is -2.17. The molecule has 3 N–H and O–H groups in total. The van der Waals surface area contributed by atoms with E-state index in [1.165, 1.54) is 5.56 Å². The normalized spacial score (nSPS) is 12.5. The zero-order valence-corrected chi connectivity index (χ0v) is 18.2. The van der Waals surface area contributed by atoms with Crippen LogP contribution in [0.3, 0.4) is 0 Å². The SMILES string of the molecule is CC(Nc1ncnc2[nH]c(-c3cccc(NC(=O)C(C)(C)C)c3)cc12)c1ccccc1. The molecule has 6 nitrogen and oxygen atoms in total. The average molecular weight is 414 g/mol. The number of aromatic amines is 1. The molecule has 0 fully saturated rings. The molecule has 1 amide bonds. The van der Waals surface area contributed by atoms with Gasteiger partial charge in [0, 0.05) is 28.4 Å². The molecule has 0 aliphatic heterocycles. The summed E-state index contributed by atoms with van der Waals surface area (Å²) in [7, 11) is 0. The van der Waals surface area contributed by atoms with E-state index in [-0.39, 0.29) is 11.9 Å². The van der Waals surface area contributed by atoms with Crippen LogP contribution in [0, 0.1) is 5.41 Å². The molecule has 1 atom stereocenters. The molecule has 1 unspecified atom stereocenters. The molecule has 0 saturated heterocycles. The van der Waals surface area contributed by atoms with Crippen molar-refractivity contribution in [3.05, 3.63) is 72.6 Å². The molecule has 0 aliphatic rings. The third kappa shape index (κ3) is 4.58. The van der Waals surface area contributed by atoms with Gasteiger partial charge in [-0.3, -0.25) is 4.79 Å². The van der Waals surface area contributed by atoms with E-state index in [0.29, 0.717) is 0 Å². The number of hydrogen-bond donors (Lipinski definition) is 3. The number of nitrogens with zero attached hydrogens (tertiary/aromatic N) is 2. The van der Waals surface area contributed by atoms with Gasteiger partial charge in [0.1, 0.15) is 17.8 Å². The van der Waals surface area contributed by atoms with Crippen molar-refractivity contribution in [2.24, 2.45) is 5.41 Å². The van der Waals surface area contributed by atoms with Crippen LogP contribution in [0.2, 0.25) is 0 Å². The molecule has 158 valence electrons. The summed E-state index contributed by atoms with van der Waals surface area (Å²) in [5.74, 6) is 0.759. The number of carbonyl (C=O) groups excluding carboxylic acids is 1. The fourth-order valence-corrected chi connectivity index (χ4v) is 3.32. The van der Waals surface area contributed by atoms with Crippen molar-refractivity contribution in [3.63, 3.8) is 0 Å². The van der Waals surface area contributed by atoms with E-state index in [1.54, 1.807) is 6.33 Å². The molecule has 0 spiro atoms. The maximum Gasteiger partial charge on any atom is 0.229 e. The van der Waals surface area contributed by atoms with Gasteiger partial charge in [0.15, 0.2) is 0 Å². The Balaban J connectivity index is 1.62. The number of H-pyrrole nitrogens is 1. The van der Waals surface area contributed by atoms with E-state index in [2.05, 4.69) is 44.6 Å². The van der Waals surface area contributed by atoms with Crippen LogP contribution in [0.1, 0.15) is 39.3 Å². The molecule has 4 rings (SSSR count). The summed E-state index contributed by atoms with van der Waals surface area (Å²) < 4.78 is 0. The second-order valence-electron chi connectivity index (χ2n) is 8.73. The number of fused-ring (bicyclic) bond motifs is 1. The predicted molar refractivity (Wildman–Crippen MR) is 126 cm³/mol. The van der Waals surface area contributed by atoms with Crippen LogP contribution >= 0.6 is 0 Å². The zero-order chi connectivity index (χ0) is 22.0. The van der Waals surface area contributed by atoms with Gasteiger partial charge in [-0.15, -0.1) is 0 Å². The molecular formula is C25H27N5O. The van der Waals surface area contributed by atoms with Gasteiger partial charge in [0.2, 0.25) is 5.91 Å². The molecule has 0 bridgehead atoms. The lowest BCUT2D eigenvalue weighted by atomic mass is 9.95. The van der Waals surface area contributed by atoms with Crippen LogP contribution in [-0.4, -0.2) is 20.9 Å². The van der Waals surface area contributed by atoms with E-state index in [0.717, 1.165) is 33.8 Å². The fraction of sp³-hybridized carbons (Fsp3) is 0.240. The minimum Gasteiger partial charge on any atom is -0.363 e. The second kappa shape index (κ2) is 8.22. The van der Waals surface area contributed by atoms with Crippen LogP contribution in [0.15, 0.2) is 67.0 Å². The summed E-state index contributed by atoms with van der Waals surface area (Å²) in [6.45, 7) is 7.80. The van der Waals surface area contributed by atoms with Crippen molar-refractivity contribution in [1.82, 2.24) is 15.0 Å². The van der Waals surface area contributed by atoms with Crippen molar-refractivity contribution in [1.29, 1.82) is 0 Å². The van der Waals surface area contributed by atoms with E-state index in [1.807, 2.05) is 69.3 Å². The lowest BCUT2D eigenvalue weighted by Crippen LogP contribution is -2.27. The highest BCUT2D eigenvalue weighted by atomic mass is 16.2. The standard InChI is InChI=1S/C25H27N5O/c1-16(17-9-6-5-7-10-17)28-22-20-14-21(30-23(20)27-15-26-22)18-11-8-12-19(13-18)29-24(31)25(2,3)4/h5-16H,1-4H3,(H,29,31)(H2,26,27,28,30). The van der Waals surface area contributed by atoms with Gasteiger partial charge in [-0.1, -0.05) is 63.2 Å².